The molecule has 4 heteroatoms. The first-order valence-corrected chi connectivity index (χ1v) is 11.4. The average molecular weight is 401 g/mol. The fourth-order valence-corrected chi connectivity index (χ4v) is 4.56. The van der Waals surface area contributed by atoms with Crippen molar-refractivity contribution in [2.75, 3.05) is 0 Å². The second-order valence-corrected chi connectivity index (χ2v) is 9.55. The Balaban J connectivity index is 1.30. The van der Waals surface area contributed by atoms with Crippen molar-refractivity contribution in [2.24, 2.45) is 10.8 Å². The van der Waals surface area contributed by atoms with Crippen LogP contribution in [0.2, 0.25) is 0 Å². The first kappa shape index (κ1) is 21.9. The van der Waals surface area contributed by atoms with Gasteiger partial charge < -0.3 is 10.2 Å². The highest BCUT2D eigenvalue weighted by molar-refractivity contribution is 5.78. The van der Waals surface area contributed by atoms with Crippen molar-refractivity contribution >= 4 is 11.9 Å². The molecule has 0 heterocycles. The van der Waals surface area contributed by atoms with Gasteiger partial charge in [0.2, 0.25) is 0 Å². The van der Waals surface area contributed by atoms with Gasteiger partial charge in [0.05, 0.1) is 10.8 Å². The lowest BCUT2D eigenvalue weighted by molar-refractivity contribution is -0.144. The molecule has 0 radical (unpaired) electrons. The summed E-state index contributed by atoms with van der Waals surface area (Å²) in [7, 11) is 0. The molecular weight excluding hydrogens is 364 g/mol. The summed E-state index contributed by atoms with van der Waals surface area (Å²) in [6.07, 6.45) is 13.8. The van der Waals surface area contributed by atoms with Crippen LogP contribution in [0.25, 0.3) is 0 Å². The SMILES string of the molecule is Cc1cc(CCCCCCC2(C(=O)O)CC2)ccc1CCCCC1(C(=O)O)CC1. The standard InChI is InChI=1S/C25H36O4/c1-19-18-20(8-4-2-3-6-12-24(14-15-24)22(26)27)10-11-21(19)9-5-7-13-25(16-17-25)23(28)29/h10-11,18H,2-9,12-17H2,1H3,(H,26,27)(H,28,29). The Morgan fingerprint density at radius 3 is 1.83 bits per heavy atom. The minimum atomic E-state index is -0.605. The van der Waals surface area contributed by atoms with Crippen LogP contribution in [0.4, 0.5) is 0 Å². The van der Waals surface area contributed by atoms with Crippen LogP contribution in [0.15, 0.2) is 18.2 Å². The van der Waals surface area contributed by atoms with Gasteiger partial charge in [-0.05, 0) is 87.8 Å². The Morgan fingerprint density at radius 1 is 0.793 bits per heavy atom. The second kappa shape index (κ2) is 9.32. The summed E-state index contributed by atoms with van der Waals surface area (Å²) in [6, 6.07) is 6.79. The summed E-state index contributed by atoms with van der Waals surface area (Å²) in [4.78, 5) is 22.4. The topological polar surface area (TPSA) is 74.6 Å². The average Bonchev–Trinajstić information content (AvgIpc) is 3.58. The fraction of sp³-hybridized carbons (Fsp3) is 0.680. The molecule has 1 aromatic carbocycles. The normalized spacial score (nSPS) is 18.4. The van der Waals surface area contributed by atoms with Crippen LogP contribution in [-0.4, -0.2) is 22.2 Å². The molecule has 4 nitrogen and oxygen atoms in total. The monoisotopic (exact) mass is 400 g/mol. The zero-order valence-electron chi connectivity index (χ0n) is 17.8. The maximum atomic E-state index is 11.2. The van der Waals surface area contributed by atoms with E-state index >= 15 is 0 Å². The Labute approximate surface area is 174 Å². The number of rotatable bonds is 14. The molecule has 2 saturated carbocycles. The first-order valence-electron chi connectivity index (χ1n) is 11.4. The Morgan fingerprint density at radius 2 is 1.31 bits per heavy atom. The van der Waals surface area contributed by atoms with E-state index in [-0.39, 0.29) is 10.8 Å². The summed E-state index contributed by atoms with van der Waals surface area (Å²) >= 11 is 0. The minimum absolute atomic E-state index is 0.361. The van der Waals surface area contributed by atoms with Gasteiger partial charge in [-0.15, -0.1) is 0 Å². The fourth-order valence-electron chi connectivity index (χ4n) is 4.56. The zero-order valence-corrected chi connectivity index (χ0v) is 17.8. The van der Waals surface area contributed by atoms with Crippen LogP contribution in [-0.2, 0) is 22.4 Å². The second-order valence-electron chi connectivity index (χ2n) is 9.55. The van der Waals surface area contributed by atoms with E-state index in [2.05, 4.69) is 25.1 Å². The molecular formula is C25H36O4. The smallest absolute Gasteiger partial charge is 0.309 e. The molecule has 3 rings (SSSR count). The van der Waals surface area contributed by atoms with Crippen molar-refractivity contribution in [1.29, 1.82) is 0 Å². The van der Waals surface area contributed by atoms with Gasteiger partial charge in [-0.2, -0.15) is 0 Å². The molecule has 0 bridgehead atoms. The van der Waals surface area contributed by atoms with Gasteiger partial charge >= 0.3 is 11.9 Å². The van der Waals surface area contributed by atoms with Gasteiger partial charge in [0.25, 0.3) is 0 Å². The highest BCUT2D eigenvalue weighted by Gasteiger charge is 2.49. The number of hydrogen-bond acceptors (Lipinski definition) is 2. The third kappa shape index (κ3) is 5.83. The maximum Gasteiger partial charge on any atom is 0.309 e. The highest BCUT2D eigenvalue weighted by Crippen LogP contribution is 2.50. The van der Waals surface area contributed by atoms with E-state index < -0.39 is 11.9 Å². The lowest BCUT2D eigenvalue weighted by Crippen LogP contribution is -2.14. The molecule has 29 heavy (non-hydrogen) atoms. The Hall–Kier alpha value is -1.84. The van der Waals surface area contributed by atoms with Gasteiger partial charge in [-0.25, -0.2) is 0 Å². The van der Waals surface area contributed by atoms with E-state index in [1.54, 1.807) is 0 Å². The summed E-state index contributed by atoms with van der Waals surface area (Å²) in [5, 5.41) is 18.5. The molecule has 0 spiro atoms. The molecule has 0 aliphatic heterocycles. The molecule has 2 fully saturated rings. The van der Waals surface area contributed by atoms with E-state index in [0.717, 1.165) is 83.5 Å². The van der Waals surface area contributed by atoms with Crippen LogP contribution in [0.1, 0.15) is 93.7 Å². The molecule has 0 amide bonds. The van der Waals surface area contributed by atoms with Gasteiger partial charge in [0.1, 0.15) is 0 Å². The third-order valence-corrected chi connectivity index (χ3v) is 7.24. The summed E-state index contributed by atoms with van der Waals surface area (Å²) < 4.78 is 0. The number of benzene rings is 1. The Kier molecular flexibility index (Phi) is 7.02. The number of carboxylic acids is 2. The number of unbranched alkanes of at least 4 members (excludes halogenated alkanes) is 4. The number of carbonyl (C=O) groups is 2. The molecule has 0 saturated heterocycles. The molecule has 1 aromatic rings. The van der Waals surface area contributed by atoms with Crippen molar-refractivity contribution in [3.8, 4) is 0 Å². The number of aliphatic carboxylic acids is 2. The predicted octanol–water partition coefficient (Wildman–Crippen LogP) is 5.93. The molecule has 0 aromatic heterocycles. The van der Waals surface area contributed by atoms with Gasteiger partial charge in [-0.1, -0.05) is 43.9 Å². The summed E-state index contributed by atoms with van der Waals surface area (Å²) in [5.74, 6) is -1.20. The molecule has 160 valence electrons. The molecule has 2 aliphatic rings. The number of carboxylic acid groups (broad SMARTS) is 2. The van der Waals surface area contributed by atoms with E-state index in [9.17, 15) is 19.8 Å². The maximum absolute atomic E-state index is 11.2. The first-order chi connectivity index (χ1) is 13.9. The van der Waals surface area contributed by atoms with Crippen molar-refractivity contribution in [3.63, 3.8) is 0 Å². The number of hydrogen-bond donors (Lipinski definition) is 2. The predicted molar refractivity (Wildman–Crippen MR) is 114 cm³/mol. The summed E-state index contributed by atoms with van der Waals surface area (Å²) in [6.45, 7) is 2.18. The van der Waals surface area contributed by atoms with E-state index in [1.807, 2.05) is 0 Å². The highest BCUT2D eigenvalue weighted by atomic mass is 16.4. The van der Waals surface area contributed by atoms with Gasteiger partial charge in [0.15, 0.2) is 0 Å². The molecule has 0 atom stereocenters. The van der Waals surface area contributed by atoms with Crippen LogP contribution in [0.3, 0.4) is 0 Å². The van der Waals surface area contributed by atoms with Crippen LogP contribution < -0.4 is 0 Å². The van der Waals surface area contributed by atoms with Gasteiger partial charge in [0, 0.05) is 0 Å². The molecule has 2 N–H and O–H groups in total. The quantitative estimate of drug-likeness (QED) is 0.380. The Bertz CT molecular complexity index is 728. The van der Waals surface area contributed by atoms with E-state index in [4.69, 9.17) is 0 Å². The lowest BCUT2D eigenvalue weighted by Gasteiger charge is -2.11. The summed E-state index contributed by atoms with van der Waals surface area (Å²) in [5.41, 5.74) is 3.38. The van der Waals surface area contributed by atoms with Crippen LogP contribution in [0.5, 0.6) is 0 Å². The van der Waals surface area contributed by atoms with Crippen LogP contribution in [0, 0.1) is 17.8 Å². The minimum Gasteiger partial charge on any atom is -0.481 e. The van der Waals surface area contributed by atoms with Crippen molar-refractivity contribution in [1.82, 2.24) is 0 Å². The van der Waals surface area contributed by atoms with E-state index in [1.165, 1.54) is 23.1 Å². The van der Waals surface area contributed by atoms with Crippen molar-refractivity contribution in [3.05, 3.63) is 34.9 Å². The van der Waals surface area contributed by atoms with E-state index in [0.29, 0.717) is 0 Å². The van der Waals surface area contributed by atoms with Crippen molar-refractivity contribution in [2.45, 2.75) is 96.8 Å². The van der Waals surface area contributed by atoms with Crippen LogP contribution >= 0.6 is 0 Å². The molecule has 2 aliphatic carbocycles. The third-order valence-electron chi connectivity index (χ3n) is 7.24. The van der Waals surface area contributed by atoms with Crippen molar-refractivity contribution < 1.29 is 19.8 Å². The molecule has 0 unspecified atom stereocenters. The largest absolute Gasteiger partial charge is 0.481 e. The number of aryl methyl sites for hydroxylation is 3. The zero-order chi connectivity index (χ0) is 20.9. The lowest BCUT2D eigenvalue weighted by atomic mass is 9.94. The van der Waals surface area contributed by atoms with Gasteiger partial charge in [-0.3, -0.25) is 9.59 Å².